The van der Waals surface area contributed by atoms with Gasteiger partial charge in [0.05, 0.1) is 33.5 Å². The van der Waals surface area contributed by atoms with E-state index in [9.17, 15) is 0 Å². The van der Waals surface area contributed by atoms with Crippen LogP contribution in [0.4, 0.5) is 0 Å². The summed E-state index contributed by atoms with van der Waals surface area (Å²) in [6.07, 6.45) is 0. The average Bonchev–Trinajstić information content (AvgIpc) is 3.95. The third kappa shape index (κ3) is 4.86. The number of hydrogen-bond donors (Lipinski definition) is 0. The lowest BCUT2D eigenvalue weighted by atomic mass is 10.0. The van der Waals surface area contributed by atoms with Gasteiger partial charge in [-0.1, -0.05) is 146 Å². The zero-order valence-electron chi connectivity index (χ0n) is 30.7. The van der Waals surface area contributed by atoms with E-state index in [2.05, 4.69) is 179 Å². The lowest BCUT2D eigenvalue weighted by Crippen LogP contribution is -1.97. The maximum absolute atomic E-state index is 5.13. The molecule has 0 radical (unpaired) electrons. The summed E-state index contributed by atoms with van der Waals surface area (Å²) in [6, 6.07) is 69.2. The van der Waals surface area contributed by atoms with Crippen LogP contribution in [0.15, 0.2) is 194 Å². The van der Waals surface area contributed by atoms with Gasteiger partial charge in [-0.15, -0.1) is 11.3 Å². The predicted octanol–water partition coefficient (Wildman–Crippen LogP) is 14.0. The summed E-state index contributed by atoms with van der Waals surface area (Å²) in [5.74, 6) is 0.711. The standard InChI is InChI=1S/C52H32N4S/c1-4-16-33(17-5-1)41-32-42(54-52(53-41)35-18-6-2-7-19-35)34-28-30-37(31-29-34)56-43-25-13-10-22-38(43)46-49-47(51-48(50(46)56)40-24-12-15-27-45(40)57-51)39-23-11-14-26-44(39)55(49)36-20-8-3-9-21-36/h1-32H. The Hall–Kier alpha value is -7.34. The van der Waals surface area contributed by atoms with E-state index in [1.807, 2.05) is 35.6 Å². The van der Waals surface area contributed by atoms with Crippen molar-refractivity contribution in [1.82, 2.24) is 19.1 Å². The van der Waals surface area contributed by atoms with Crippen LogP contribution in [-0.2, 0) is 0 Å². The Balaban J connectivity index is 1.16. The van der Waals surface area contributed by atoms with Crippen LogP contribution in [0.1, 0.15) is 0 Å². The molecule has 0 unspecified atom stereocenters. The van der Waals surface area contributed by atoms with Crippen LogP contribution in [0.3, 0.4) is 0 Å². The third-order valence-corrected chi connectivity index (χ3v) is 12.5. The largest absolute Gasteiger partial charge is 0.308 e. The van der Waals surface area contributed by atoms with Crippen molar-refractivity contribution in [3.63, 3.8) is 0 Å². The molecule has 0 aliphatic rings. The lowest BCUT2D eigenvalue weighted by molar-refractivity contribution is 1.17. The van der Waals surface area contributed by atoms with Crippen molar-refractivity contribution in [1.29, 1.82) is 0 Å². The second-order valence-corrected chi connectivity index (χ2v) is 15.6. The van der Waals surface area contributed by atoms with Crippen molar-refractivity contribution in [2.45, 2.75) is 0 Å². The minimum absolute atomic E-state index is 0.711. The van der Waals surface area contributed by atoms with Crippen molar-refractivity contribution in [3.05, 3.63) is 194 Å². The van der Waals surface area contributed by atoms with Crippen molar-refractivity contribution in [3.8, 4) is 45.3 Å². The molecule has 57 heavy (non-hydrogen) atoms. The highest BCUT2D eigenvalue weighted by molar-refractivity contribution is 7.27. The molecule has 0 saturated carbocycles. The molecular formula is C52H32N4S. The van der Waals surface area contributed by atoms with Crippen LogP contribution >= 0.6 is 11.3 Å². The van der Waals surface area contributed by atoms with Crippen LogP contribution in [0.2, 0.25) is 0 Å². The van der Waals surface area contributed by atoms with E-state index >= 15 is 0 Å². The van der Waals surface area contributed by atoms with Gasteiger partial charge in [-0.05, 0) is 48.5 Å². The number of aromatic nitrogens is 4. The van der Waals surface area contributed by atoms with Crippen LogP contribution in [0, 0.1) is 0 Å². The fraction of sp³-hybridized carbons (Fsp3) is 0. The average molecular weight is 745 g/mol. The van der Waals surface area contributed by atoms with E-state index in [0.717, 1.165) is 39.5 Å². The first kappa shape index (κ1) is 32.0. The van der Waals surface area contributed by atoms with Crippen LogP contribution in [-0.4, -0.2) is 19.1 Å². The Labute approximate surface area is 332 Å². The predicted molar refractivity (Wildman–Crippen MR) is 240 cm³/mol. The number of para-hydroxylation sites is 3. The van der Waals surface area contributed by atoms with E-state index in [1.54, 1.807) is 0 Å². The highest BCUT2D eigenvalue weighted by Gasteiger charge is 2.26. The molecule has 4 aromatic heterocycles. The lowest BCUT2D eigenvalue weighted by Gasteiger charge is -2.13. The normalized spacial score (nSPS) is 11.9. The summed E-state index contributed by atoms with van der Waals surface area (Å²) in [4.78, 5) is 10.2. The molecule has 8 aromatic carbocycles. The van der Waals surface area contributed by atoms with Gasteiger partial charge in [0.1, 0.15) is 0 Å². The van der Waals surface area contributed by atoms with Crippen molar-refractivity contribution in [2.24, 2.45) is 0 Å². The van der Waals surface area contributed by atoms with Gasteiger partial charge in [-0.25, -0.2) is 9.97 Å². The van der Waals surface area contributed by atoms with Gasteiger partial charge in [-0.2, -0.15) is 0 Å². The fourth-order valence-corrected chi connectivity index (χ4v) is 10.1. The van der Waals surface area contributed by atoms with Crippen molar-refractivity contribution >= 4 is 75.1 Å². The molecule has 0 fully saturated rings. The molecule has 0 amide bonds. The van der Waals surface area contributed by atoms with Gasteiger partial charge < -0.3 is 9.13 Å². The van der Waals surface area contributed by atoms with Crippen LogP contribution < -0.4 is 0 Å². The summed E-state index contributed by atoms with van der Waals surface area (Å²) in [6.45, 7) is 0. The molecule has 12 aromatic rings. The first-order valence-corrected chi connectivity index (χ1v) is 20.1. The van der Waals surface area contributed by atoms with Gasteiger partial charge in [0.15, 0.2) is 5.82 Å². The molecule has 0 bridgehead atoms. The quantitative estimate of drug-likeness (QED) is 0.176. The SMILES string of the molecule is c1ccc(-c2cc(-c3ccc(-n4c5ccccc5c5c6c(c7ccccc7n6-c6ccccc6)c6sc7ccccc7c6c54)cc3)nc(-c3ccccc3)n2)cc1. The third-order valence-electron chi connectivity index (χ3n) is 11.3. The second kappa shape index (κ2) is 12.6. The zero-order chi connectivity index (χ0) is 37.5. The number of fused-ring (bicyclic) bond motifs is 12. The summed E-state index contributed by atoms with van der Waals surface area (Å²) in [7, 11) is 0. The second-order valence-electron chi connectivity index (χ2n) is 14.5. The first-order chi connectivity index (χ1) is 28.3. The number of rotatable bonds is 5. The van der Waals surface area contributed by atoms with Gasteiger partial charge in [0.2, 0.25) is 0 Å². The number of thiophene rings is 1. The molecule has 5 heteroatoms. The van der Waals surface area contributed by atoms with Gasteiger partial charge in [0, 0.05) is 69.8 Å². The smallest absolute Gasteiger partial charge is 0.160 e. The summed E-state index contributed by atoms with van der Waals surface area (Å²) in [5.41, 5.74) is 12.0. The number of nitrogens with zero attached hydrogens (tertiary/aromatic N) is 4. The highest BCUT2D eigenvalue weighted by atomic mass is 32.1. The topological polar surface area (TPSA) is 35.6 Å². The minimum atomic E-state index is 0.711. The molecule has 0 atom stereocenters. The molecule has 12 rings (SSSR count). The van der Waals surface area contributed by atoms with Gasteiger partial charge in [0.25, 0.3) is 0 Å². The molecule has 0 N–H and O–H groups in total. The Kier molecular flexibility index (Phi) is 7.06. The van der Waals surface area contributed by atoms with Crippen molar-refractivity contribution < 1.29 is 0 Å². The van der Waals surface area contributed by atoms with Gasteiger partial charge >= 0.3 is 0 Å². The molecule has 4 heterocycles. The molecule has 0 aliphatic heterocycles. The van der Waals surface area contributed by atoms with E-state index < -0.39 is 0 Å². The first-order valence-electron chi connectivity index (χ1n) is 19.3. The van der Waals surface area contributed by atoms with E-state index in [4.69, 9.17) is 9.97 Å². The van der Waals surface area contributed by atoms with E-state index in [1.165, 1.54) is 63.8 Å². The Bertz CT molecular complexity index is 3430. The van der Waals surface area contributed by atoms with E-state index in [0.29, 0.717) is 5.82 Å². The molecule has 0 aliphatic carbocycles. The van der Waals surface area contributed by atoms with Crippen LogP contribution in [0.5, 0.6) is 0 Å². The number of hydrogen-bond acceptors (Lipinski definition) is 3. The highest BCUT2D eigenvalue weighted by Crippen LogP contribution is 2.51. The summed E-state index contributed by atoms with van der Waals surface area (Å²) in [5, 5.41) is 7.65. The Morgan fingerprint density at radius 2 is 0.825 bits per heavy atom. The Morgan fingerprint density at radius 1 is 0.368 bits per heavy atom. The maximum Gasteiger partial charge on any atom is 0.160 e. The Morgan fingerprint density at radius 3 is 1.46 bits per heavy atom. The van der Waals surface area contributed by atoms with Gasteiger partial charge in [-0.3, -0.25) is 0 Å². The number of benzene rings is 8. The van der Waals surface area contributed by atoms with E-state index in [-0.39, 0.29) is 0 Å². The van der Waals surface area contributed by atoms with Crippen LogP contribution in [0.25, 0.3) is 109 Å². The molecule has 0 saturated heterocycles. The molecule has 266 valence electrons. The monoisotopic (exact) mass is 744 g/mol. The minimum Gasteiger partial charge on any atom is -0.308 e. The maximum atomic E-state index is 5.13. The summed E-state index contributed by atoms with van der Waals surface area (Å²) >= 11 is 1.90. The summed E-state index contributed by atoms with van der Waals surface area (Å²) < 4.78 is 7.58. The molecule has 0 spiro atoms. The van der Waals surface area contributed by atoms with Crippen molar-refractivity contribution in [2.75, 3.05) is 0 Å². The zero-order valence-corrected chi connectivity index (χ0v) is 31.5. The molecule has 4 nitrogen and oxygen atoms in total. The fourth-order valence-electron chi connectivity index (χ4n) is 8.84. The molecular weight excluding hydrogens is 713 g/mol.